The molecule has 0 amide bonds. The maximum absolute atomic E-state index is 10.3. The van der Waals surface area contributed by atoms with Crippen LogP contribution in [0.15, 0.2) is 58.4 Å². The molecule has 3 aromatic rings. The third kappa shape index (κ3) is 6.62. The Hall–Kier alpha value is -2.25. The summed E-state index contributed by atoms with van der Waals surface area (Å²) in [5.41, 5.74) is 3.52. The highest BCUT2D eigenvalue weighted by atomic mass is 32.1. The number of carboxylic acid groups (broad SMARTS) is 1. The van der Waals surface area contributed by atoms with Crippen molar-refractivity contribution in [1.82, 2.24) is 9.97 Å². The van der Waals surface area contributed by atoms with Gasteiger partial charge in [-0.05, 0) is 12.1 Å². The number of rotatable bonds is 1. The summed E-state index contributed by atoms with van der Waals surface area (Å²) in [5, 5.41) is 21.2. The van der Waals surface area contributed by atoms with Crippen LogP contribution in [0.25, 0.3) is 0 Å². The number of thiazole rings is 2. The highest BCUT2D eigenvalue weighted by molar-refractivity contribution is 7.07. The highest BCUT2D eigenvalue weighted by Gasteiger charge is 2.05. The molecule has 0 unspecified atom stereocenters. The minimum atomic E-state index is -1.11. The standard InChI is InChI=1S/C7H6O3.2C3H3NS/c8-6-4-2-1-3-5(6)7(9)10;2*1-2-5-3-4-1/h1-4,8H,(H,9,10);2*1-3H. The molecule has 0 fully saturated rings. The van der Waals surface area contributed by atoms with Crippen LogP contribution in [0.2, 0.25) is 0 Å². The third-order valence-corrected chi connectivity index (χ3v) is 2.87. The molecular weight excluding hydrogens is 296 g/mol. The lowest BCUT2D eigenvalue weighted by atomic mass is 10.2. The number of nitrogens with zero attached hydrogens (tertiary/aromatic N) is 2. The Kier molecular flexibility index (Phi) is 7.63. The van der Waals surface area contributed by atoms with Gasteiger partial charge in [0.2, 0.25) is 0 Å². The van der Waals surface area contributed by atoms with Gasteiger partial charge in [0.05, 0.1) is 11.0 Å². The average Bonchev–Trinajstić information content (AvgIpc) is 3.18. The minimum Gasteiger partial charge on any atom is -0.507 e. The molecule has 0 aliphatic carbocycles. The van der Waals surface area contributed by atoms with Gasteiger partial charge in [0.1, 0.15) is 11.3 Å². The number of carbonyl (C=O) groups is 1. The molecule has 0 aliphatic rings. The van der Waals surface area contributed by atoms with Gasteiger partial charge in [0, 0.05) is 23.2 Å². The summed E-state index contributed by atoms with van der Waals surface area (Å²) in [6.45, 7) is 0. The summed E-state index contributed by atoms with van der Waals surface area (Å²) < 4.78 is 0. The molecule has 1 aromatic carbocycles. The summed E-state index contributed by atoms with van der Waals surface area (Å²) in [6.07, 6.45) is 3.54. The van der Waals surface area contributed by atoms with Crippen LogP contribution in [0.5, 0.6) is 5.75 Å². The van der Waals surface area contributed by atoms with E-state index in [1.165, 1.54) is 12.1 Å². The van der Waals surface area contributed by atoms with Gasteiger partial charge in [-0.3, -0.25) is 9.97 Å². The largest absolute Gasteiger partial charge is 0.507 e. The number of para-hydroxylation sites is 1. The first-order chi connectivity index (χ1) is 9.72. The van der Waals surface area contributed by atoms with Gasteiger partial charge in [-0.2, -0.15) is 0 Å². The van der Waals surface area contributed by atoms with Crippen molar-refractivity contribution >= 4 is 28.6 Å². The van der Waals surface area contributed by atoms with Gasteiger partial charge in [-0.15, -0.1) is 22.7 Å². The summed E-state index contributed by atoms with van der Waals surface area (Å²) >= 11 is 3.20. The molecule has 0 aliphatic heterocycles. The zero-order chi connectivity index (χ0) is 14.6. The van der Waals surface area contributed by atoms with Gasteiger partial charge in [0.15, 0.2) is 0 Å². The van der Waals surface area contributed by atoms with Crippen LogP contribution in [0.3, 0.4) is 0 Å². The topological polar surface area (TPSA) is 83.3 Å². The van der Waals surface area contributed by atoms with Crippen molar-refractivity contribution < 1.29 is 15.0 Å². The molecule has 2 aromatic heterocycles. The summed E-state index contributed by atoms with van der Waals surface area (Å²) in [5.74, 6) is -1.31. The fraction of sp³-hybridized carbons (Fsp3) is 0. The van der Waals surface area contributed by atoms with E-state index in [1.807, 2.05) is 10.8 Å². The first-order valence-corrected chi connectivity index (χ1v) is 7.26. The van der Waals surface area contributed by atoms with Crippen molar-refractivity contribution in [2.45, 2.75) is 0 Å². The lowest BCUT2D eigenvalue weighted by Gasteiger charge is -1.95. The smallest absolute Gasteiger partial charge is 0.339 e. The van der Waals surface area contributed by atoms with Crippen LogP contribution in [-0.2, 0) is 0 Å². The molecule has 0 atom stereocenters. The summed E-state index contributed by atoms with van der Waals surface area (Å²) in [4.78, 5) is 17.7. The van der Waals surface area contributed by atoms with Crippen LogP contribution < -0.4 is 0 Å². The normalized spacial score (nSPS) is 8.60. The number of aromatic hydroxyl groups is 1. The van der Waals surface area contributed by atoms with Crippen molar-refractivity contribution in [3.8, 4) is 5.75 Å². The van der Waals surface area contributed by atoms with E-state index in [2.05, 4.69) is 9.97 Å². The number of benzene rings is 1. The van der Waals surface area contributed by atoms with E-state index in [9.17, 15) is 4.79 Å². The average molecular weight is 308 g/mol. The monoisotopic (exact) mass is 308 g/mol. The van der Waals surface area contributed by atoms with E-state index in [0.717, 1.165) is 0 Å². The van der Waals surface area contributed by atoms with Crippen molar-refractivity contribution in [3.05, 3.63) is 64.0 Å². The van der Waals surface area contributed by atoms with E-state index in [0.29, 0.717) is 0 Å². The van der Waals surface area contributed by atoms with E-state index in [4.69, 9.17) is 10.2 Å². The second-order valence-electron chi connectivity index (χ2n) is 3.17. The number of hydrogen-bond donors (Lipinski definition) is 2. The second-order valence-corrected chi connectivity index (χ2v) is 4.68. The first-order valence-electron chi connectivity index (χ1n) is 5.37. The second kappa shape index (κ2) is 9.65. The zero-order valence-electron chi connectivity index (χ0n) is 10.3. The van der Waals surface area contributed by atoms with Gasteiger partial charge >= 0.3 is 5.97 Å². The lowest BCUT2D eigenvalue weighted by molar-refractivity contribution is 0.0694. The molecule has 0 saturated heterocycles. The summed E-state index contributed by atoms with van der Waals surface area (Å²) in [6, 6.07) is 5.81. The van der Waals surface area contributed by atoms with Crippen molar-refractivity contribution in [1.29, 1.82) is 0 Å². The minimum absolute atomic E-state index is 0.0671. The van der Waals surface area contributed by atoms with E-state index >= 15 is 0 Å². The predicted octanol–water partition coefficient (Wildman–Crippen LogP) is 3.38. The SMILES string of the molecule is O=C(O)c1ccccc1O.c1cscn1.c1cscn1. The van der Waals surface area contributed by atoms with Gasteiger partial charge in [0.25, 0.3) is 0 Å². The van der Waals surface area contributed by atoms with E-state index < -0.39 is 5.97 Å². The fourth-order valence-corrected chi connectivity index (χ4v) is 1.71. The maximum Gasteiger partial charge on any atom is 0.339 e. The molecule has 2 heterocycles. The fourth-order valence-electron chi connectivity index (χ4n) is 1.01. The molecule has 0 radical (unpaired) electrons. The van der Waals surface area contributed by atoms with Crippen LogP contribution >= 0.6 is 22.7 Å². The molecule has 5 nitrogen and oxygen atoms in total. The van der Waals surface area contributed by atoms with Crippen LogP contribution in [0.1, 0.15) is 10.4 Å². The molecule has 20 heavy (non-hydrogen) atoms. The number of carboxylic acids is 1. The molecular formula is C13H12N2O3S2. The Morgan fingerprint density at radius 2 is 1.55 bits per heavy atom. The van der Waals surface area contributed by atoms with Crippen molar-refractivity contribution in [3.63, 3.8) is 0 Å². The van der Waals surface area contributed by atoms with Crippen LogP contribution in [0, 0.1) is 0 Å². The Morgan fingerprint density at radius 3 is 1.80 bits per heavy atom. The Labute approximate surface area is 123 Å². The van der Waals surface area contributed by atoms with Gasteiger partial charge < -0.3 is 10.2 Å². The Bertz CT molecular complexity index is 523. The molecule has 3 rings (SSSR count). The van der Waals surface area contributed by atoms with Crippen LogP contribution in [-0.4, -0.2) is 26.2 Å². The number of aromatic nitrogens is 2. The first kappa shape index (κ1) is 15.8. The molecule has 2 N–H and O–H groups in total. The molecule has 0 spiro atoms. The van der Waals surface area contributed by atoms with E-state index in [-0.39, 0.29) is 11.3 Å². The zero-order valence-corrected chi connectivity index (χ0v) is 11.9. The molecule has 7 heteroatoms. The van der Waals surface area contributed by atoms with E-state index in [1.54, 1.807) is 58.2 Å². The summed E-state index contributed by atoms with van der Waals surface area (Å²) in [7, 11) is 0. The highest BCUT2D eigenvalue weighted by Crippen LogP contribution is 2.14. The quantitative estimate of drug-likeness (QED) is 0.720. The molecule has 0 bridgehead atoms. The number of aromatic carboxylic acids is 1. The lowest BCUT2D eigenvalue weighted by Crippen LogP contribution is -1.95. The Morgan fingerprint density at radius 1 is 1.00 bits per heavy atom. The molecule has 0 saturated carbocycles. The van der Waals surface area contributed by atoms with Gasteiger partial charge in [-0.25, -0.2) is 4.79 Å². The number of hydrogen-bond acceptors (Lipinski definition) is 6. The van der Waals surface area contributed by atoms with Crippen molar-refractivity contribution in [2.75, 3.05) is 0 Å². The van der Waals surface area contributed by atoms with Crippen molar-refractivity contribution in [2.24, 2.45) is 0 Å². The van der Waals surface area contributed by atoms with Gasteiger partial charge in [-0.1, -0.05) is 12.1 Å². The third-order valence-electron chi connectivity index (χ3n) is 1.83. The maximum atomic E-state index is 10.3. The Balaban J connectivity index is 0.000000167. The number of phenols is 1. The van der Waals surface area contributed by atoms with Crippen LogP contribution in [0.4, 0.5) is 0 Å². The predicted molar refractivity (Wildman–Crippen MR) is 79.3 cm³/mol. The molecule has 104 valence electrons.